The smallest absolute Gasteiger partial charge is 0.338 e. The Morgan fingerprint density at radius 2 is 1.87 bits per heavy atom. The second-order valence-electron chi connectivity index (χ2n) is 4.51. The standard InChI is InChI=1S/C17H14N2O3S/c1-23-15-5-3-2-4-14(15)19-16(20)11-22-17(21)13-8-6-12(10-18)7-9-13/h2-9H,11H2,1H3,(H,19,20). The molecule has 0 radical (unpaired) electrons. The molecule has 2 aromatic carbocycles. The first-order valence-corrected chi connectivity index (χ1v) is 7.96. The fourth-order valence-corrected chi connectivity index (χ4v) is 2.38. The van der Waals surface area contributed by atoms with Gasteiger partial charge >= 0.3 is 5.97 Å². The first-order chi connectivity index (χ1) is 11.1. The Labute approximate surface area is 138 Å². The molecule has 0 aliphatic heterocycles. The number of carbonyl (C=O) groups is 2. The van der Waals surface area contributed by atoms with Gasteiger partial charge < -0.3 is 10.1 Å². The van der Waals surface area contributed by atoms with Gasteiger partial charge in [-0.3, -0.25) is 4.79 Å². The average Bonchev–Trinajstić information content (AvgIpc) is 2.60. The third-order valence-corrected chi connectivity index (χ3v) is 3.76. The lowest BCUT2D eigenvalue weighted by Crippen LogP contribution is -2.21. The van der Waals surface area contributed by atoms with Crippen LogP contribution in [0.5, 0.6) is 0 Å². The summed E-state index contributed by atoms with van der Waals surface area (Å²) in [7, 11) is 0. The van der Waals surface area contributed by atoms with Crippen LogP contribution < -0.4 is 5.32 Å². The number of carbonyl (C=O) groups excluding carboxylic acids is 2. The van der Waals surface area contributed by atoms with Crippen LogP contribution in [0.1, 0.15) is 15.9 Å². The molecule has 2 rings (SSSR count). The van der Waals surface area contributed by atoms with E-state index in [0.717, 1.165) is 4.90 Å². The van der Waals surface area contributed by atoms with Gasteiger partial charge in [0.15, 0.2) is 6.61 Å². The molecule has 0 bridgehead atoms. The first-order valence-electron chi connectivity index (χ1n) is 6.74. The van der Waals surface area contributed by atoms with Crippen LogP contribution in [0.3, 0.4) is 0 Å². The van der Waals surface area contributed by atoms with Crippen molar-refractivity contribution < 1.29 is 14.3 Å². The van der Waals surface area contributed by atoms with Crippen molar-refractivity contribution in [2.75, 3.05) is 18.2 Å². The summed E-state index contributed by atoms with van der Waals surface area (Å²) in [4.78, 5) is 24.6. The monoisotopic (exact) mass is 326 g/mol. The van der Waals surface area contributed by atoms with Crippen LogP contribution in [0.15, 0.2) is 53.4 Å². The molecule has 1 N–H and O–H groups in total. The summed E-state index contributed by atoms with van der Waals surface area (Å²) in [5, 5.41) is 11.4. The number of rotatable bonds is 5. The topological polar surface area (TPSA) is 79.2 Å². The molecular weight excluding hydrogens is 312 g/mol. The van der Waals surface area contributed by atoms with E-state index in [1.807, 2.05) is 30.5 Å². The van der Waals surface area contributed by atoms with Crippen molar-refractivity contribution in [3.63, 3.8) is 0 Å². The van der Waals surface area contributed by atoms with Crippen LogP contribution >= 0.6 is 11.8 Å². The molecule has 2 aromatic rings. The van der Waals surface area contributed by atoms with Crippen LogP contribution in [0.4, 0.5) is 5.69 Å². The molecule has 0 heterocycles. The van der Waals surface area contributed by atoms with Gasteiger partial charge in [0, 0.05) is 4.90 Å². The molecule has 116 valence electrons. The molecule has 5 nitrogen and oxygen atoms in total. The minimum Gasteiger partial charge on any atom is -0.452 e. The minimum absolute atomic E-state index is 0.293. The Morgan fingerprint density at radius 1 is 1.17 bits per heavy atom. The van der Waals surface area contributed by atoms with Gasteiger partial charge in [-0.15, -0.1) is 11.8 Å². The molecule has 0 atom stereocenters. The van der Waals surface area contributed by atoms with Gasteiger partial charge in [0.1, 0.15) is 0 Å². The van der Waals surface area contributed by atoms with Crippen LogP contribution in [-0.4, -0.2) is 24.7 Å². The second kappa shape index (κ2) is 8.01. The van der Waals surface area contributed by atoms with Crippen molar-refractivity contribution in [1.29, 1.82) is 5.26 Å². The van der Waals surface area contributed by atoms with E-state index in [9.17, 15) is 9.59 Å². The number of nitriles is 1. The summed E-state index contributed by atoms with van der Waals surface area (Å²) < 4.78 is 4.97. The lowest BCUT2D eigenvalue weighted by molar-refractivity contribution is -0.119. The van der Waals surface area contributed by atoms with Crippen molar-refractivity contribution in [3.8, 4) is 6.07 Å². The van der Waals surface area contributed by atoms with Gasteiger partial charge in [0.2, 0.25) is 0 Å². The Kier molecular flexibility index (Phi) is 5.78. The molecule has 0 aliphatic carbocycles. The highest BCUT2D eigenvalue weighted by atomic mass is 32.2. The quantitative estimate of drug-likeness (QED) is 0.675. The van der Waals surface area contributed by atoms with E-state index < -0.39 is 11.9 Å². The summed E-state index contributed by atoms with van der Waals surface area (Å²) in [6.07, 6.45) is 1.91. The maximum absolute atomic E-state index is 11.9. The highest BCUT2D eigenvalue weighted by molar-refractivity contribution is 7.98. The van der Waals surface area contributed by atoms with Crippen LogP contribution in [0, 0.1) is 11.3 Å². The van der Waals surface area contributed by atoms with E-state index in [4.69, 9.17) is 10.00 Å². The van der Waals surface area contributed by atoms with Crippen LogP contribution in [0.25, 0.3) is 0 Å². The number of para-hydroxylation sites is 1. The SMILES string of the molecule is CSc1ccccc1NC(=O)COC(=O)c1ccc(C#N)cc1. The van der Waals surface area contributed by atoms with Crippen LogP contribution in [-0.2, 0) is 9.53 Å². The fraction of sp³-hybridized carbons (Fsp3) is 0.118. The zero-order chi connectivity index (χ0) is 16.7. The predicted molar refractivity (Wildman–Crippen MR) is 88.3 cm³/mol. The molecule has 0 unspecified atom stereocenters. The molecular formula is C17H14N2O3S. The average molecular weight is 326 g/mol. The van der Waals surface area contributed by atoms with E-state index in [1.54, 1.807) is 6.07 Å². The highest BCUT2D eigenvalue weighted by Crippen LogP contribution is 2.24. The van der Waals surface area contributed by atoms with E-state index in [2.05, 4.69) is 5.32 Å². The third-order valence-electron chi connectivity index (χ3n) is 2.97. The Morgan fingerprint density at radius 3 is 2.52 bits per heavy atom. The number of nitrogens with zero attached hydrogens (tertiary/aromatic N) is 1. The first kappa shape index (κ1) is 16.6. The number of esters is 1. The molecule has 0 spiro atoms. The molecule has 23 heavy (non-hydrogen) atoms. The number of nitrogens with one attached hydrogen (secondary N) is 1. The van der Waals surface area contributed by atoms with Gasteiger partial charge in [0.25, 0.3) is 5.91 Å². The molecule has 0 aliphatic rings. The van der Waals surface area contributed by atoms with Gasteiger partial charge in [-0.25, -0.2) is 4.79 Å². The number of hydrogen-bond donors (Lipinski definition) is 1. The lowest BCUT2D eigenvalue weighted by atomic mass is 10.1. The Bertz CT molecular complexity index is 751. The minimum atomic E-state index is -0.609. The fourth-order valence-electron chi connectivity index (χ4n) is 1.83. The maximum atomic E-state index is 11.9. The molecule has 0 saturated heterocycles. The zero-order valence-corrected chi connectivity index (χ0v) is 13.2. The van der Waals surface area contributed by atoms with Crippen molar-refractivity contribution in [2.45, 2.75) is 4.90 Å². The molecule has 0 aromatic heterocycles. The number of benzene rings is 2. The van der Waals surface area contributed by atoms with E-state index in [1.165, 1.54) is 36.0 Å². The van der Waals surface area contributed by atoms with Crippen molar-refractivity contribution in [2.24, 2.45) is 0 Å². The van der Waals surface area contributed by atoms with E-state index in [0.29, 0.717) is 16.8 Å². The number of thioether (sulfide) groups is 1. The van der Waals surface area contributed by atoms with Crippen LogP contribution in [0.2, 0.25) is 0 Å². The molecule has 0 saturated carbocycles. The van der Waals surface area contributed by atoms with Gasteiger partial charge in [-0.05, 0) is 42.7 Å². The van der Waals surface area contributed by atoms with Gasteiger partial charge in [0.05, 0.1) is 22.9 Å². The second-order valence-corrected chi connectivity index (χ2v) is 5.36. The van der Waals surface area contributed by atoms with E-state index in [-0.39, 0.29) is 6.61 Å². The summed E-state index contributed by atoms with van der Waals surface area (Å²) >= 11 is 1.51. The van der Waals surface area contributed by atoms with Gasteiger partial charge in [-0.1, -0.05) is 12.1 Å². The number of ether oxygens (including phenoxy) is 1. The normalized spacial score (nSPS) is 9.74. The van der Waals surface area contributed by atoms with Crippen molar-refractivity contribution in [1.82, 2.24) is 0 Å². The Hall–Kier alpha value is -2.78. The molecule has 6 heteroatoms. The highest BCUT2D eigenvalue weighted by Gasteiger charge is 2.11. The number of hydrogen-bond acceptors (Lipinski definition) is 5. The summed E-state index contributed by atoms with van der Waals surface area (Å²) in [6, 6.07) is 15.4. The zero-order valence-electron chi connectivity index (χ0n) is 12.4. The summed E-state index contributed by atoms with van der Waals surface area (Å²) in [6.45, 7) is -0.373. The van der Waals surface area contributed by atoms with E-state index >= 15 is 0 Å². The number of amides is 1. The van der Waals surface area contributed by atoms with Gasteiger partial charge in [-0.2, -0.15) is 5.26 Å². The summed E-state index contributed by atoms with van der Waals surface area (Å²) in [5.74, 6) is -1.02. The number of anilines is 1. The van der Waals surface area contributed by atoms with Crippen molar-refractivity contribution >= 4 is 29.3 Å². The summed E-state index contributed by atoms with van der Waals surface area (Å²) in [5.41, 5.74) is 1.42. The lowest BCUT2D eigenvalue weighted by Gasteiger charge is -2.09. The molecule has 1 amide bonds. The Balaban J connectivity index is 1.91. The predicted octanol–water partition coefficient (Wildman–Crippen LogP) is 3.08. The third kappa shape index (κ3) is 4.59. The maximum Gasteiger partial charge on any atom is 0.338 e. The van der Waals surface area contributed by atoms with Crippen molar-refractivity contribution in [3.05, 3.63) is 59.7 Å². The molecule has 0 fully saturated rings. The largest absolute Gasteiger partial charge is 0.452 e.